The number of rotatable bonds is 3. The van der Waals surface area contributed by atoms with Gasteiger partial charge >= 0.3 is 0 Å². The molecule has 0 bridgehead atoms. The fraction of sp³-hybridized carbons (Fsp3) is 0.182. The van der Waals surface area contributed by atoms with Crippen molar-refractivity contribution in [3.8, 4) is 0 Å². The Hall–Kier alpha value is -1.40. The molecule has 0 saturated carbocycles. The molecule has 4 nitrogen and oxygen atoms in total. The van der Waals surface area contributed by atoms with Gasteiger partial charge in [-0.3, -0.25) is 10.1 Å². The van der Waals surface area contributed by atoms with Crippen molar-refractivity contribution >= 4 is 34.1 Å². The molecule has 2 rings (SSSR count). The van der Waals surface area contributed by atoms with Gasteiger partial charge in [-0.15, -0.1) is 10.2 Å². The maximum atomic E-state index is 11.9. The molecule has 1 amide bonds. The van der Waals surface area contributed by atoms with Crippen molar-refractivity contribution < 1.29 is 4.79 Å². The Morgan fingerprint density at radius 2 is 2.24 bits per heavy atom. The van der Waals surface area contributed by atoms with Crippen molar-refractivity contribution in [1.82, 2.24) is 10.2 Å². The molecule has 2 aromatic rings. The van der Waals surface area contributed by atoms with Gasteiger partial charge in [0.25, 0.3) is 5.91 Å². The van der Waals surface area contributed by atoms with E-state index in [0.29, 0.717) is 10.7 Å². The van der Waals surface area contributed by atoms with Crippen LogP contribution in [0.3, 0.4) is 0 Å². The van der Waals surface area contributed by atoms with Gasteiger partial charge in [-0.25, -0.2) is 0 Å². The minimum Gasteiger partial charge on any atom is -0.296 e. The summed E-state index contributed by atoms with van der Waals surface area (Å²) in [5.41, 5.74) is 1.69. The highest BCUT2D eigenvalue weighted by molar-refractivity contribution is 8.00. The predicted octanol–water partition coefficient (Wildman–Crippen LogP) is 2.82. The summed E-state index contributed by atoms with van der Waals surface area (Å²) in [7, 11) is 0. The van der Waals surface area contributed by atoms with Crippen molar-refractivity contribution in [2.75, 3.05) is 11.6 Å². The number of nitrogens with one attached hydrogen (secondary N) is 1. The number of nitrogens with zero attached hydrogens (tertiary/aromatic N) is 2. The van der Waals surface area contributed by atoms with Crippen molar-refractivity contribution in [1.29, 1.82) is 0 Å². The van der Waals surface area contributed by atoms with Gasteiger partial charge in [0, 0.05) is 5.56 Å². The lowest BCUT2D eigenvalue weighted by atomic mass is 10.1. The zero-order valence-electron chi connectivity index (χ0n) is 9.43. The highest BCUT2D eigenvalue weighted by Gasteiger charge is 2.09. The lowest BCUT2D eigenvalue weighted by molar-refractivity contribution is 0.102. The normalized spacial score (nSPS) is 10.2. The molecular formula is C11H11N3OS2. The Balaban J connectivity index is 2.11. The van der Waals surface area contributed by atoms with Crippen LogP contribution in [0.1, 0.15) is 15.9 Å². The second-order valence-corrected chi connectivity index (χ2v) is 5.43. The first kappa shape index (κ1) is 12.1. The summed E-state index contributed by atoms with van der Waals surface area (Å²) in [5, 5.41) is 11.1. The minimum absolute atomic E-state index is 0.155. The molecule has 0 aliphatic carbocycles. The average Bonchev–Trinajstić information content (AvgIpc) is 2.77. The van der Waals surface area contributed by atoms with E-state index in [-0.39, 0.29) is 5.91 Å². The topological polar surface area (TPSA) is 54.9 Å². The fourth-order valence-corrected chi connectivity index (χ4v) is 2.46. The van der Waals surface area contributed by atoms with E-state index in [1.54, 1.807) is 6.07 Å². The molecule has 0 radical (unpaired) electrons. The zero-order chi connectivity index (χ0) is 12.3. The standard InChI is InChI=1S/C11H11N3OS2/c1-7-4-3-5-8(6-7)9(15)12-10-13-14-11(16-2)17-10/h3-6H,1-2H3,(H,12,13,15). The first-order chi connectivity index (χ1) is 8.19. The predicted molar refractivity (Wildman–Crippen MR) is 70.8 cm³/mol. The molecule has 0 spiro atoms. The van der Waals surface area contributed by atoms with Crippen molar-refractivity contribution in [3.63, 3.8) is 0 Å². The largest absolute Gasteiger partial charge is 0.296 e. The van der Waals surface area contributed by atoms with Crippen molar-refractivity contribution in [3.05, 3.63) is 35.4 Å². The van der Waals surface area contributed by atoms with Crippen molar-refractivity contribution in [2.24, 2.45) is 0 Å². The van der Waals surface area contributed by atoms with E-state index in [9.17, 15) is 4.79 Å². The summed E-state index contributed by atoms with van der Waals surface area (Å²) in [6, 6.07) is 7.43. The molecular weight excluding hydrogens is 254 g/mol. The monoisotopic (exact) mass is 265 g/mol. The number of carbonyl (C=O) groups is 1. The summed E-state index contributed by atoms with van der Waals surface area (Å²) in [4.78, 5) is 11.9. The summed E-state index contributed by atoms with van der Waals surface area (Å²) >= 11 is 2.88. The molecule has 0 atom stereocenters. The molecule has 1 N–H and O–H groups in total. The van der Waals surface area contributed by atoms with Gasteiger partial charge < -0.3 is 0 Å². The number of benzene rings is 1. The summed E-state index contributed by atoms with van der Waals surface area (Å²) < 4.78 is 0.838. The van der Waals surface area contributed by atoms with Crippen LogP contribution in [0.5, 0.6) is 0 Å². The van der Waals surface area contributed by atoms with E-state index in [1.807, 2.05) is 31.4 Å². The minimum atomic E-state index is -0.155. The van der Waals surface area contributed by atoms with Gasteiger partial charge in [0.2, 0.25) is 5.13 Å². The van der Waals surface area contributed by atoms with Crippen LogP contribution in [0.25, 0.3) is 0 Å². The molecule has 6 heteroatoms. The van der Waals surface area contributed by atoms with E-state index in [4.69, 9.17) is 0 Å². The molecule has 1 aromatic carbocycles. The molecule has 17 heavy (non-hydrogen) atoms. The van der Waals surface area contributed by atoms with Gasteiger partial charge in [0.15, 0.2) is 4.34 Å². The Kier molecular flexibility index (Phi) is 3.75. The van der Waals surface area contributed by atoms with E-state index in [2.05, 4.69) is 15.5 Å². The van der Waals surface area contributed by atoms with Crippen LogP contribution in [0.4, 0.5) is 5.13 Å². The first-order valence-corrected chi connectivity index (χ1v) is 6.98. The van der Waals surface area contributed by atoms with Crippen LogP contribution < -0.4 is 5.32 Å². The first-order valence-electron chi connectivity index (χ1n) is 4.94. The number of aromatic nitrogens is 2. The van der Waals surface area contributed by atoms with Gasteiger partial charge in [-0.1, -0.05) is 40.8 Å². The highest BCUT2D eigenvalue weighted by atomic mass is 32.2. The smallest absolute Gasteiger partial charge is 0.257 e. The number of hydrogen-bond donors (Lipinski definition) is 1. The molecule has 1 aromatic heterocycles. The summed E-state index contributed by atoms with van der Waals surface area (Å²) in [6.07, 6.45) is 1.92. The molecule has 1 heterocycles. The number of thioether (sulfide) groups is 1. The molecule has 0 aliphatic heterocycles. The number of hydrogen-bond acceptors (Lipinski definition) is 5. The van der Waals surface area contributed by atoms with E-state index in [0.717, 1.165) is 9.90 Å². The number of aryl methyl sites for hydroxylation is 1. The van der Waals surface area contributed by atoms with Crippen LogP contribution in [-0.2, 0) is 0 Å². The third-order valence-electron chi connectivity index (χ3n) is 2.08. The number of anilines is 1. The van der Waals surface area contributed by atoms with Gasteiger partial charge in [0.05, 0.1) is 0 Å². The SMILES string of the molecule is CSc1nnc(NC(=O)c2cccc(C)c2)s1. The maximum absolute atomic E-state index is 11.9. The van der Waals surface area contributed by atoms with Crippen LogP contribution >= 0.6 is 23.1 Å². The molecule has 0 aliphatic rings. The van der Waals surface area contributed by atoms with E-state index < -0.39 is 0 Å². The Bertz CT molecular complexity index is 539. The zero-order valence-corrected chi connectivity index (χ0v) is 11.1. The Labute approximate surface area is 107 Å². The summed E-state index contributed by atoms with van der Waals surface area (Å²) in [6.45, 7) is 1.95. The third kappa shape index (κ3) is 3.04. The lowest BCUT2D eigenvalue weighted by Crippen LogP contribution is -2.11. The van der Waals surface area contributed by atoms with E-state index >= 15 is 0 Å². The summed E-state index contributed by atoms with van der Waals surface area (Å²) in [5.74, 6) is -0.155. The van der Waals surface area contributed by atoms with Gasteiger partial charge in [-0.2, -0.15) is 0 Å². The lowest BCUT2D eigenvalue weighted by Gasteiger charge is -2.01. The number of carbonyl (C=O) groups excluding carboxylic acids is 1. The van der Waals surface area contributed by atoms with Gasteiger partial charge in [0.1, 0.15) is 0 Å². The van der Waals surface area contributed by atoms with E-state index in [1.165, 1.54) is 23.1 Å². The number of amides is 1. The Morgan fingerprint density at radius 1 is 1.41 bits per heavy atom. The van der Waals surface area contributed by atoms with Crippen LogP contribution in [0, 0.1) is 6.92 Å². The third-order valence-corrected chi connectivity index (χ3v) is 3.90. The fourth-order valence-electron chi connectivity index (χ4n) is 1.30. The molecule has 0 saturated heterocycles. The maximum Gasteiger partial charge on any atom is 0.257 e. The quantitative estimate of drug-likeness (QED) is 0.685. The van der Waals surface area contributed by atoms with Crippen LogP contribution in [0.2, 0.25) is 0 Å². The second kappa shape index (κ2) is 5.29. The average molecular weight is 265 g/mol. The molecule has 88 valence electrons. The molecule has 0 unspecified atom stereocenters. The van der Waals surface area contributed by atoms with Crippen LogP contribution in [-0.4, -0.2) is 22.4 Å². The van der Waals surface area contributed by atoms with Gasteiger partial charge in [-0.05, 0) is 25.3 Å². The second-order valence-electron chi connectivity index (χ2n) is 3.40. The molecule has 0 fully saturated rings. The van der Waals surface area contributed by atoms with Crippen LogP contribution in [0.15, 0.2) is 28.6 Å². The Morgan fingerprint density at radius 3 is 2.88 bits per heavy atom. The highest BCUT2D eigenvalue weighted by Crippen LogP contribution is 2.23. The van der Waals surface area contributed by atoms with Crippen molar-refractivity contribution in [2.45, 2.75) is 11.3 Å².